The first-order valence-electron chi connectivity index (χ1n) is 10.2. The molecular formula is C21H31N5O2S. The minimum Gasteiger partial charge on any atom is -0.349 e. The Kier molecular flexibility index (Phi) is 6.43. The van der Waals surface area contributed by atoms with Crippen molar-refractivity contribution in [3.8, 4) is 0 Å². The van der Waals surface area contributed by atoms with E-state index in [0.29, 0.717) is 17.5 Å². The first kappa shape index (κ1) is 21.5. The third-order valence-electron chi connectivity index (χ3n) is 5.39. The molecule has 1 saturated carbocycles. The highest BCUT2D eigenvalue weighted by Gasteiger charge is 2.23. The molecule has 0 spiro atoms. The third-order valence-corrected chi connectivity index (χ3v) is 6.91. The van der Waals surface area contributed by atoms with Gasteiger partial charge in [-0.25, -0.2) is 18.1 Å². The van der Waals surface area contributed by atoms with E-state index in [4.69, 9.17) is 0 Å². The van der Waals surface area contributed by atoms with Crippen LogP contribution in [0.3, 0.4) is 0 Å². The van der Waals surface area contributed by atoms with Gasteiger partial charge in [0, 0.05) is 29.0 Å². The van der Waals surface area contributed by atoms with Crippen LogP contribution in [0.2, 0.25) is 0 Å². The molecule has 0 saturated heterocycles. The smallest absolute Gasteiger partial charge is 0.240 e. The van der Waals surface area contributed by atoms with Crippen LogP contribution in [0, 0.1) is 6.92 Å². The average Bonchev–Trinajstić information content (AvgIpc) is 3.17. The summed E-state index contributed by atoms with van der Waals surface area (Å²) >= 11 is 0. The van der Waals surface area contributed by atoms with Gasteiger partial charge in [-0.05, 0) is 58.2 Å². The van der Waals surface area contributed by atoms with Gasteiger partial charge in [0.25, 0.3) is 0 Å². The lowest BCUT2D eigenvalue weighted by atomic mass is 10.0. The van der Waals surface area contributed by atoms with Gasteiger partial charge in [0.1, 0.15) is 5.82 Å². The van der Waals surface area contributed by atoms with Gasteiger partial charge in [-0.1, -0.05) is 25.8 Å². The first-order chi connectivity index (χ1) is 13.7. The highest BCUT2D eigenvalue weighted by molar-refractivity contribution is 7.89. The van der Waals surface area contributed by atoms with E-state index in [-0.39, 0.29) is 16.5 Å². The molecule has 8 heteroatoms. The number of rotatable bonds is 8. The van der Waals surface area contributed by atoms with Gasteiger partial charge >= 0.3 is 0 Å². The van der Waals surface area contributed by atoms with Gasteiger partial charge in [0.05, 0.1) is 4.90 Å². The predicted octanol–water partition coefficient (Wildman–Crippen LogP) is 4.35. The molecule has 1 aliphatic carbocycles. The fourth-order valence-corrected chi connectivity index (χ4v) is 4.58. The van der Waals surface area contributed by atoms with Gasteiger partial charge < -0.3 is 10.6 Å². The van der Waals surface area contributed by atoms with E-state index in [2.05, 4.69) is 46.1 Å². The Balaban J connectivity index is 1.79. The number of hydrogen-bond donors (Lipinski definition) is 3. The Morgan fingerprint density at radius 3 is 2.62 bits per heavy atom. The second kappa shape index (κ2) is 8.67. The molecule has 158 valence electrons. The Labute approximate surface area is 173 Å². The maximum atomic E-state index is 12.7. The monoisotopic (exact) mass is 417 g/mol. The summed E-state index contributed by atoms with van der Waals surface area (Å²) in [5.41, 5.74) is 1.43. The van der Waals surface area contributed by atoms with Gasteiger partial charge in [-0.2, -0.15) is 4.98 Å². The number of nitrogens with zero attached hydrogens (tertiary/aromatic N) is 2. The van der Waals surface area contributed by atoms with Crippen molar-refractivity contribution in [2.45, 2.75) is 76.3 Å². The fourth-order valence-electron chi connectivity index (χ4n) is 3.23. The molecule has 0 aliphatic heterocycles. The summed E-state index contributed by atoms with van der Waals surface area (Å²) in [6.07, 6.45) is 6.65. The van der Waals surface area contributed by atoms with Crippen molar-refractivity contribution in [1.29, 1.82) is 0 Å². The largest absolute Gasteiger partial charge is 0.349 e. The number of sulfonamides is 1. The van der Waals surface area contributed by atoms with Crippen LogP contribution in [-0.2, 0) is 10.0 Å². The van der Waals surface area contributed by atoms with Crippen molar-refractivity contribution < 1.29 is 8.42 Å². The number of benzene rings is 1. The van der Waals surface area contributed by atoms with Crippen molar-refractivity contribution in [3.63, 3.8) is 0 Å². The number of aromatic nitrogens is 2. The van der Waals surface area contributed by atoms with Crippen LogP contribution in [0.5, 0.6) is 0 Å². The molecule has 3 N–H and O–H groups in total. The minimum absolute atomic E-state index is 0.0382. The third kappa shape index (κ3) is 5.67. The van der Waals surface area contributed by atoms with Crippen LogP contribution in [0.1, 0.15) is 58.4 Å². The van der Waals surface area contributed by atoms with E-state index in [0.717, 1.165) is 37.7 Å². The van der Waals surface area contributed by atoms with E-state index in [1.165, 1.54) is 0 Å². The summed E-state index contributed by atoms with van der Waals surface area (Å²) in [5.74, 6) is 1.18. The molecule has 3 rings (SSSR count). The molecule has 1 aliphatic rings. The molecule has 0 bridgehead atoms. The number of hydrogen-bond acceptors (Lipinski definition) is 6. The normalized spacial score (nSPS) is 15.4. The second-order valence-electron chi connectivity index (χ2n) is 8.34. The van der Waals surface area contributed by atoms with Crippen molar-refractivity contribution in [1.82, 2.24) is 14.7 Å². The highest BCUT2D eigenvalue weighted by atomic mass is 32.2. The molecule has 0 unspecified atom stereocenters. The molecule has 7 nitrogen and oxygen atoms in total. The lowest BCUT2D eigenvalue weighted by molar-refractivity contribution is 0.542. The highest BCUT2D eigenvalue weighted by Crippen LogP contribution is 2.25. The summed E-state index contributed by atoms with van der Waals surface area (Å²) in [7, 11) is -3.54. The molecule has 29 heavy (non-hydrogen) atoms. The number of aryl methyl sites for hydroxylation is 1. The fraction of sp³-hybridized carbons (Fsp3) is 0.524. The molecule has 2 aromatic rings. The van der Waals surface area contributed by atoms with Crippen LogP contribution in [0.25, 0.3) is 0 Å². The molecule has 0 radical (unpaired) electrons. The van der Waals surface area contributed by atoms with E-state index in [9.17, 15) is 8.42 Å². The standard InChI is InChI=1S/C21H31N5O2S/c1-5-21(3,4)25-20-22-14-15(2)19(24-20)23-17-11-8-12-18(13-17)29(27,28)26-16-9-6-7-10-16/h8,11-14,16,26H,5-7,9-10H2,1-4H3,(H2,22,23,24,25). The maximum absolute atomic E-state index is 12.7. The zero-order chi connectivity index (χ0) is 21.1. The Morgan fingerprint density at radius 2 is 1.93 bits per heavy atom. The summed E-state index contributed by atoms with van der Waals surface area (Å²) in [4.78, 5) is 9.19. The molecule has 0 atom stereocenters. The topological polar surface area (TPSA) is 96.0 Å². The lowest BCUT2D eigenvalue weighted by Crippen LogP contribution is -2.32. The molecule has 0 amide bonds. The Hall–Kier alpha value is -2.19. The van der Waals surface area contributed by atoms with Gasteiger partial charge in [0.2, 0.25) is 16.0 Å². The number of anilines is 3. The van der Waals surface area contributed by atoms with Crippen LogP contribution >= 0.6 is 0 Å². The van der Waals surface area contributed by atoms with E-state index >= 15 is 0 Å². The van der Waals surface area contributed by atoms with Gasteiger partial charge in [-0.15, -0.1) is 0 Å². The van der Waals surface area contributed by atoms with Gasteiger partial charge in [-0.3, -0.25) is 0 Å². The molecule has 1 aromatic carbocycles. The average molecular weight is 418 g/mol. The lowest BCUT2D eigenvalue weighted by Gasteiger charge is -2.24. The Morgan fingerprint density at radius 1 is 1.21 bits per heavy atom. The van der Waals surface area contributed by atoms with Crippen molar-refractivity contribution >= 4 is 27.5 Å². The molecular weight excluding hydrogens is 386 g/mol. The summed E-state index contributed by atoms with van der Waals surface area (Å²) in [5, 5.41) is 6.57. The van der Waals surface area contributed by atoms with Crippen molar-refractivity contribution in [2.24, 2.45) is 0 Å². The molecule has 1 fully saturated rings. The minimum atomic E-state index is -3.54. The predicted molar refractivity (Wildman–Crippen MR) is 117 cm³/mol. The maximum Gasteiger partial charge on any atom is 0.240 e. The van der Waals surface area contributed by atoms with Crippen LogP contribution in [0.4, 0.5) is 17.5 Å². The van der Waals surface area contributed by atoms with Crippen molar-refractivity contribution in [2.75, 3.05) is 10.6 Å². The van der Waals surface area contributed by atoms with Gasteiger partial charge in [0.15, 0.2) is 0 Å². The van der Waals surface area contributed by atoms with E-state index < -0.39 is 10.0 Å². The number of nitrogens with one attached hydrogen (secondary N) is 3. The second-order valence-corrected chi connectivity index (χ2v) is 10.1. The SMILES string of the molecule is CCC(C)(C)Nc1ncc(C)c(Nc2cccc(S(=O)(=O)NC3CCCC3)c2)n1. The Bertz CT molecular complexity index is 953. The quantitative estimate of drug-likeness (QED) is 0.591. The zero-order valence-electron chi connectivity index (χ0n) is 17.6. The molecule has 1 heterocycles. The van der Waals surface area contributed by atoms with Crippen LogP contribution in [0.15, 0.2) is 35.4 Å². The summed E-state index contributed by atoms with van der Waals surface area (Å²) < 4.78 is 28.3. The molecule has 1 aromatic heterocycles. The van der Waals surface area contributed by atoms with Crippen molar-refractivity contribution in [3.05, 3.63) is 36.0 Å². The summed E-state index contributed by atoms with van der Waals surface area (Å²) in [6, 6.07) is 6.87. The zero-order valence-corrected chi connectivity index (χ0v) is 18.4. The summed E-state index contributed by atoms with van der Waals surface area (Å²) in [6.45, 7) is 8.20. The van der Waals surface area contributed by atoms with E-state index in [1.54, 1.807) is 24.4 Å². The van der Waals surface area contributed by atoms with Crippen LogP contribution in [-0.4, -0.2) is 30.0 Å². The van der Waals surface area contributed by atoms with Crippen LogP contribution < -0.4 is 15.4 Å². The van der Waals surface area contributed by atoms with E-state index in [1.807, 2.05) is 13.0 Å². The first-order valence-corrected chi connectivity index (χ1v) is 11.7.